The van der Waals surface area contributed by atoms with Gasteiger partial charge < -0.3 is 15.0 Å². The number of hydrogen-bond donors (Lipinski definition) is 2. The first-order valence-corrected chi connectivity index (χ1v) is 11.6. The molecule has 4 rings (SSSR count). The summed E-state index contributed by atoms with van der Waals surface area (Å²) in [6, 6.07) is 18.8. The van der Waals surface area contributed by atoms with Crippen LogP contribution in [0.25, 0.3) is 10.9 Å². The van der Waals surface area contributed by atoms with Gasteiger partial charge in [-0.15, -0.1) is 0 Å². The molecule has 0 fully saturated rings. The SMILES string of the molecule is CC(C)(C)OC(=O)Nc1ccc2c(Sc3ccccc3C(N)=O)cn(Cc3ccccn3)c2c1. The van der Waals surface area contributed by atoms with Gasteiger partial charge in [0.25, 0.3) is 0 Å². The lowest BCUT2D eigenvalue weighted by Gasteiger charge is -2.19. The molecular formula is C26H26N4O3S. The number of fused-ring (bicyclic) bond motifs is 1. The van der Waals surface area contributed by atoms with Crippen molar-refractivity contribution in [2.24, 2.45) is 5.73 Å². The summed E-state index contributed by atoms with van der Waals surface area (Å²) in [5.41, 5.74) is 7.90. The predicted molar refractivity (Wildman–Crippen MR) is 134 cm³/mol. The highest BCUT2D eigenvalue weighted by atomic mass is 32.2. The summed E-state index contributed by atoms with van der Waals surface area (Å²) in [6.45, 7) is 6.01. The number of carbonyl (C=O) groups excluding carboxylic acids is 2. The summed E-state index contributed by atoms with van der Waals surface area (Å²) in [6.07, 6.45) is 3.27. The molecule has 2 aromatic carbocycles. The third-order valence-corrected chi connectivity index (χ3v) is 6.04. The van der Waals surface area contributed by atoms with Crippen LogP contribution in [0.1, 0.15) is 36.8 Å². The van der Waals surface area contributed by atoms with Crippen molar-refractivity contribution in [3.63, 3.8) is 0 Å². The van der Waals surface area contributed by atoms with E-state index in [1.807, 2.05) is 75.5 Å². The Labute approximate surface area is 202 Å². The fraction of sp³-hybridized carbons (Fsp3) is 0.192. The highest BCUT2D eigenvalue weighted by Crippen LogP contribution is 2.37. The number of hydrogen-bond acceptors (Lipinski definition) is 5. The monoisotopic (exact) mass is 474 g/mol. The van der Waals surface area contributed by atoms with Gasteiger partial charge in [-0.25, -0.2) is 4.79 Å². The Balaban J connectivity index is 1.73. The predicted octanol–water partition coefficient (Wildman–Crippen LogP) is 5.68. The topological polar surface area (TPSA) is 99.2 Å². The molecule has 7 nitrogen and oxygen atoms in total. The number of nitrogens with one attached hydrogen (secondary N) is 1. The van der Waals surface area contributed by atoms with E-state index >= 15 is 0 Å². The number of primary amides is 1. The van der Waals surface area contributed by atoms with E-state index in [9.17, 15) is 9.59 Å². The molecular weight excluding hydrogens is 448 g/mol. The van der Waals surface area contributed by atoms with E-state index in [2.05, 4.69) is 14.9 Å². The van der Waals surface area contributed by atoms with Gasteiger partial charge in [-0.1, -0.05) is 30.0 Å². The molecule has 0 aliphatic carbocycles. The second kappa shape index (κ2) is 9.61. The van der Waals surface area contributed by atoms with Crippen molar-refractivity contribution in [1.29, 1.82) is 0 Å². The van der Waals surface area contributed by atoms with Crippen molar-refractivity contribution in [2.75, 3.05) is 5.32 Å². The van der Waals surface area contributed by atoms with Gasteiger partial charge in [0.1, 0.15) is 5.60 Å². The zero-order valence-electron chi connectivity index (χ0n) is 19.2. The Morgan fingerprint density at radius 2 is 1.82 bits per heavy atom. The molecule has 34 heavy (non-hydrogen) atoms. The lowest BCUT2D eigenvalue weighted by atomic mass is 10.2. The average Bonchev–Trinajstić information content (AvgIpc) is 3.09. The van der Waals surface area contributed by atoms with E-state index < -0.39 is 17.6 Å². The average molecular weight is 475 g/mol. The van der Waals surface area contributed by atoms with Gasteiger partial charge in [0.2, 0.25) is 5.91 Å². The maximum Gasteiger partial charge on any atom is 0.412 e. The molecule has 0 spiro atoms. The largest absolute Gasteiger partial charge is 0.444 e. The van der Waals surface area contributed by atoms with E-state index in [4.69, 9.17) is 10.5 Å². The Kier molecular flexibility index (Phi) is 6.61. The zero-order chi connectivity index (χ0) is 24.3. The third kappa shape index (κ3) is 5.58. The smallest absolute Gasteiger partial charge is 0.412 e. The first-order chi connectivity index (χ1) is 16.2. The highest BCUT2D eigenvalue weighted by molar-refractivity contribution is 7.99. The number of nitrogens with two attached hydrogens (primary N) is 1. The quantitative estimate of drug-likeness (QED) is 0.374. The van der Waals surface area contributed by atoms with E-state index in [0.29, 0.717) is 17.8 Å². The second-order valence-electron chi connectivity index (χ2n) is 8.76. The summed E-state index contributed by atoms with van der Waals surface area (Å²) in [4.78, 5) is 30.4. The van der Waals surface area contributed by atoms with Gasteiger partial charge in [0.15, 0.2) is 0 Å². The Morgan fingerprint density at radius 1 is 1.06 bits per heavy atom. The van der Waals surface area contributed by atoms with Crippen LogP contribution >= 0.6 is 11.8 Å². The van der Waals surface area contributed by atoms with Crippen LogP contribution in [-0.4, -0.2) is 27.2 Å². The molecule has 2 amide bonds. The maximum atomic E-state index is 12.3. The van der Waals surface area contributed by atoms with Crippen LogP contribution in [0, 0.1) is 0 Å². The third-order valence-electron chi connectivity index (χ3n) is 4.92. The number of carbonyl (C=O) groups is 2. The highest BCUT2D eigenvalue weighted by Gasteiger charge is 2.18. The molecule has 2 heterocycles. The number of rotatable bonds is 6. The number of ether oxygens (including phenoxy) is 1. The Hall–Kier alpha value is -3.78. The minimum absolute atomic E-state index is 0.468. The van der Waals surface area contributed by atoms with E-state index in [1.54, 1.807) is 18.3 Å². The van der Waals surface area contributed by atoms with Crippen LogP contribution in [0.2, 0.25) is 0 Å². The minimum atomic E-state index is -0.592. The molecule has 0 aliphatic heterocycles. The Bertz CT molecular complexity index is 1340. The van der Waals surface area contributed by atoms with Crippen LogP contribution in [0.5, 0.6) is 0 Å². The fourth-order valence-corrected chi connectivity index (χ4v) is 4.64. The van der Waals surface area contributed by atoms with Crippen LogP contribution in [0.3, 0.4) is 0 Å². The fourth-order valence-electron chi connectivity index (χ4n) is 3.51. The molecule has 0 aliphatic rings. The van der Waals surface area contributed by atoms with Crippen LogP contribution in [0.4, 0.5) is 10.5 Å². The molecule has 174 valence electrons. The van der Waals surface area contributed by atoms with Crippen LogP contribution in [0.15, 0.2) is 82.8 Å². The molecule has 2 aromatic heterocycles. The van der Waals surface area contributed by atoms with E-state index in [1.165, 1.54) is 11.8 Å². The van der Waals surface area contributed by atoms with Crippen molar-refractivity contribution >= 4 is 40.4 Å². The molecule has 3 N–H and O–H groups in total. The summed E-state index contributed by atoms with van der Waals surface area (Å²) in [7, 11) is 0. The second-order valence-corrected chi connectivity index (χ2v) is 9.85. The van der Waals surface area contributed by atoms with Crippen molar-refractivity contribution in [1.82, 2.24) is 9.55 Å². The summed E-state index contributed by atoms with van der Waals surface area (Å²) in [5.74, 6) is -0.468. The minimum Gasteiger partial charge on any atom is -0.444 e. The van der Waals surface area contributed by atoms with Crippen molar-refractivity contribution < 1.29 is 14.3 Å². The molecule has 0 unspecified atom stereocenters. The Morgan fingerprint density at radius 3 is 2.53 bits per heavy atom. The van der Waals surface area contributed by atoms with Gasteiger partial charge in [0.05, 0.1) is 23.3 Å². The van der Waals surface area contributed by atoms with E-state index in [-0.39, 0.29) is 0 Å². The van der Waals surface area contributed by atoms with E-state index in [0.717, 1.165) is 26.4 Å². The number of pyridine rings is 1. The molecule has 0 bridgehead atoms. The number of benzene rings is 2. The lowest BCUT2D eigenvalue weighted by Crippen LogP contribution is -2.27. The zero-order valence-corrected chi connectivity index (χ0v) is 20.1. The van der Waals surface area contributed by atoms with Crippen molar-refractivity contribution in [3.8, 4) is 0 Å². The summed E-state index contributed by atoms with van der Waals surface area (Å²) >= 11 is 1.48. The normalized spacial score (nSPS) is 11.4. The molecule has 0 saturated carbocycles. The molecule has 0 atom stereocenters. The van der Waals surface area contributed by atoms with Gasteiger partial charge in [-0.05, 0) is 63.2 Å². The van der Waals surface area contributed by atoms with Crippen molar-refractivity contribution in [2.45, 2.75) is 42.7 Å². The standard InChI is InChI=1S/C26H26N4O3S/c1-26(2,3)33-25(32)29-17-11-12-19-21(14-17)30(15-18-8-6-7-13-28-18)16-23(19)34-22-10-5-4-9-20(22)24(27)31/h4-14,16H,15H2,1-3H3,(H2,27,31)(H,29,32). The summed E-state index contributed by atoms with van der Waals surface area (Å²) < 4.78 is 7.46. The van der Waals surface area contributed by atoms with Gasteiger partial charge in [0, 0.05) is 33.3 Å². The first kappa shape index (κ1) is 23.4. The molecule has 8 heteroatoms. The number of anilines is 1. The number of nitrogens with zero attached hydrogens (tertiary/aromatic N) is 2. The van der Waals surface area contributed by atoms with Crippen LogP contribution < -0.4 is 11.1 Å². The van der Waals surface area contributed by atoms with Gasteiger partial charge in [-0.2, -0.15) is 0 Å². The lowest BCUT2D eigenvalue weighted by molar-refractivity contribution is 0.0635. The first-order valence-electron chi connectivity index (χ1n) is 10.8. The molecule has 0 saturated heterocycles. The number of amides is 2. The van der Waals surface area contributed by atoms with Gasteiger partial charge >= 0.3 is 6.09 Å². The van der Waals surface area contributed by atoms with Gasteiger partial charge in [-0.3, -0.25) is 15.1 Å². The number of aromatic nitrogens is 2. The van der Waals surface area contributed by atoms with Crippen LogP contribution in [-0.2, 0) is 11.3 Å². The molecule has 4 aromatic rings. The summed E-state index contributed by atoms with van der Waals surface area (Å²) in [5, 5.41) is 3.79. The molecule has 0 radical (unpaired) electrons. The van der Waals surface area contributed by atoms with Crippen molar-refractivity contribution in [3.05, 3.63) is 84.3 Å². The maximum absolute atomic E-state index is 12.3.